The second-order valence-electron chi connectivity index (χ2n) is 3.94. The first kappa shape index (κ1) is 12.0. The highest BCUT2D eigenvalue weighted by atomic mass is 19.1. The molecular weight excluding hydrogens is 228 g/mol. The van der Waals surface area contributed by atoms with E-state index in [1.54, 1.807) is 0 Å². The van der Waals surface area contributed by atoms with E-state index in [0.717, 1.165) is 12.1 Å². The van der Waals surface area contributed by atoms with Crippen LogP contribution in [0.15, 0.2) is 12.1 Å². The molecule has 5 heteroatoms. The summed E-state index contributed by atoms with van der Waals surface area (Å²) in [5.41, 5.74) is 0.346. The molecule has 0 aliphatic carbocycles. The van der Waals surface area contributed by atoms with Crippen LogP contribution < -0.4 is 4.90 Å². The maximum atomic E-state index is 13.7. The third-order valence-electron chi connectivity index (χ3n) is 2.82. The molecule has 0 spiro atoms. The lowest BCUT2D eigenvalue weighted by Gasteiger charge is -2.29. The molecule has 0 atom stereocenters. The number of benzene rings is 1. The standard InChI is InChI=1S/C12H13F2NO2/c1-17-7-11(16)15-6-2-3-8-9(13)4-5-10(14)12(8)15/h4-5H,2-3,6-7H2,1H3. The van der Waals surface area contributed by atoms with E-state index in [1.165, 1.54) is 12.0 Å². The Bertz CT molecular complexity index is 448. The Balaban J connectivity index is 2.43. The summed E-state index contributed by atoms with van der Waals surface area (Å²) in [6.45, 7) is 0.269. The zero-order valence-corrected chi connectivity index (χ0v) is 9.50. The van der Waals surface area contributed by atoms with E-state index in [9.17, 15) is 13.6 Å². The van der Waals surface area contributed by atoms with E-state index >= 15 is 0 Å². The summed E-state index contributed by atoms with van der Waals surface area (Å²) in [5.74, 6) is -1.38. The van der Waals surface area contributed by atoms with Crippen LogP contribution in [0, 0.1) is 11.6 Å². The minimum Gasteiger partial charge on any atom is -0.375 e. The first-order chi connectivity index (χ1) is 8.15. The van der Waals surface area contributed by atoms with E-state index in [1.807, 2.05) is 0 Å². The second-order valence-corrected chi connectivity index (χ2v) is 3.94. The largest absolute Gasteiger partial charge is 0.375 e. The van der Waals surface area contributed by atoms with Crippen LogP contribution >= 0.6 is 0 Å². The molecule has 92 valence electrons. The van der Waals surface area contributed by atoms with E-state index in [2.05, 4.69) is 0 Å². The molecule has 0 fully saturated rings. The van der Waals surface area contributed by atoms with Crippen LogP contribution in [0.4, 0.5) is 14.5 Å². The number of nitrogens with zero attached hydrogens (tertiary/aromatic N) is 1. The summed E-state index contributed by atoms with van der Waals surface area (Å²) < 4.78 is 32.0. The summed E-state index contributed by atoms with van der Waals surface area (Å²) in [6.07, 6.45) is 1.08. The van der Waals surface area contributed by atoms with Gasteiger partial charge in [0.15, 0.2) is 0 Å². The number of carbonyl (C=O) groups excluding carboxylic acids is 1. The summed E-state index contributed by atoms with van der Waals surface area (Å²) in [4.78, 5) is 13.0. The lowest BCUT2D eigenvalue weighted by atomic mass is 10.0. The Hall–Kier alpha value is -1.49. The molecule has 0 N–H and O–H groups in total. The molecule has 1 heterocycles. The van der Waals surface area contributed by atoms with Gasteiger partial charge in [-0.2, -0.15) is 0 Å². The quantitative estimate of drug-likeness (QED) is 0.791. The van der Waals surface area contributed by atoms with Gasteiger partial charge in [-0.05, 0) is 25.0 Å². The zero-order chi connectivity index (χ0) is 12.4. The maximum absolute atomic E-state index is 13.7. The third-order valence-corrected chi connectivity index (χ3v) is 2.82. The molecule has 1 amide bonds. The number of amides is 1. The van der Waals surface area contributed by atoms with Crippen LogP contribution in [0.5, 0.6) is 0 Å². The third kappa shape index (κ3) is 2.15. The fourth-order valence-corrected chi connectivity index (χ4v) is 2.09. The number of hydrogen-bond donors (Lipinski definition) is 0. The highest BCUT2D eigenvalue weighted by Crippen LogP contribution is 2.31. The van der Waals surface area contributed by atoms with Gasteiger partial charge in [0.2, 0.25) is 0 Å². The van der Waals surface area contributed by atoms with Crippen LogP contribution in [0.25, 0.3) is 0 Å². The Morgan fingerprint density at radius 2 is 2.12 bits per heavy atom. The Morgan fingerprint density at radius 1 is 1.41 bits per heavy atom. The van der Waals surface area contributed by atoms with Crippen molar-refractivity contribution in [1.29, 1.82) is 0 Å². The number of methoxy groups -OCH3 is 1. The predicted octanol–water partition coefficient (Wildman–Crippen LogP) is 1.89. The lowest BCUT2D eigenvalue weighted by molar-refractivity contribution is -0.122. The number of carbonyl (C=O) groups is 1. The molecular formula is C12H13F2NO2. The highest BCUT2D eigenvalue weighted by molar-refractivity contribution is 5.95. The van der Waals surface area contributed by atoms with Crippen LogP contribution in [0.3, 0.4) is 0 Å². The van der Waals surface area contributed by atoms with Gasteiger partial charge in [-0.3, -0.25) is 4.79 Å². The SMILES string of the molecule is COCC(=O)N1CCCc2c(F)ccc(F)c21. The number of ether oxygens (including phenoxy) is 1. The van der Waals surface area contributed by atoms with Gasteiger partial charge in [-0.25, -0.2) is 8.78 Å². The number of fused-ring (bicyclic) bond motifs is 1. The molecule has 2 rings (SSSR count). The molecule has 0 saturated carbocycles. The molecule has 0 radical (unpaired) electrons. The van der Waals surface area contributed by atoms with Crippen molar-refractivity contribution in [3.63, 3.8) is 0 Å². The number of halogens is 2. The number of rotatable bonds is 2. The van der Waals surface area contributed by atoms with Crippen molar-refractivity contribution < 1.29 is 18.3 Å². The number of hydrogen-bond acceptors (Lipinski definition) is 2. The van der Waals surface area contributed by atoms with E-state index in [4.69, 9.17) is 4.74 Å². The monoisotopic (exact) mass is 241 g/mol. The fraction of sp³-hybridized carbons (Fsp3) is 0.417. The van der Waals surface area contributed by atoms with Crippen molar-refractivity contribution in [3.05, 3.63) is 29.3 Å². The molecule has 0 bridgehead atoms. The molecule has 1 aliphatic heterocycles. The van der Waals surface area contributed by atoms with Crippen molar-refractivity contribution in [2.24, 2.45) is 0 Å². The Kier molecular flexibility index (Phi) is 3.38. The summed E-state index contributed by atoms with van der Waals surface area (Å²) in [6, 6.07) is 2.14. The number of anilines is 1. The minimum absolute atomic E-state index is 0.0679. The normalized spacial score (nSPS) is 14.6. The van der Waals surface area contributed by atoms with Crippen molar-refractivity contribution >= 4 is 11.6 Å². The van der Waals surface area contributed by atoms with Gasteiger partial charge in [0.05, 0.1) is 5.69 Å². The van der Waals surface area contributed by atoms with Gasteiger partial charge in [0, 0.05) is 19.2 Å². The molecule has 0 aromatic heterocycles. The summed E-state index contributed by atoms with van der Waals surface area (Å²) in [7, 11) is 1.39. The van der Waals surface area contributed by atoms with Gasteiger partial charge in [-0.1, -0.05) is 0 Å². The molecule has 1 aliphatic rings. The highest BCUT2D eigenvalue weighted by Gasteiger charge is 2.27. The average Bonchev–Trinajstić information content (AvgIpc) is 2.34. The molecule has 1 aromatic rings. The van der Waals surface area contributed by atoms with Crippen LogP contribution in [0.2, 0.25) is 0 Å². The topological polar surface area (TPSA) is 29.5 Å². The van der Waals surface area contributed by atoms with E-state index < -0.39 is 11.6 Å². The first-order valence-electron chi connectivity index (χ1n) is 5.41. The Morgan fingerprint density at radius 3 is 2.82 bits per heavy atom. The van der Waals surface area contributed by atoms with Crippen LogP contribution in [-0.2, 0) is 16.0 Å². The van der Waals surface area contributed by atoms with Crippen molar-refractivity contribution in [2.75, 3.05) is 25.2 Å². The molecule has 1 aromatic carbocycles. The van der Waals surface area contributed by atoms with Gasteiger partial charge >= 0.3 is 0 Å². The van der Waals surface area contributed by atoms with Gasteiger partial charge in [0.25, 0.3) is 5.91 Å². The van der Waals surface area contributed by atoms with Crippen molar-refractivity contribution in [3.8, 4) is 0 Å². The average molecular weight is 241 g/mol. The Labute approximate surface area is 98.0 Å². The van der Waals surface area contributed by atoms with Crippen LogP contribution in [0.1, 0.15) is 12.0 Å². The summed E-state index contributed by atoms with van der Waals surface area (Å²) >= 11 is 0. The van der Waals surface area contributed by atoms with Crippen molar-refractivity contribution in [2.45, 2.75) is 12.8 Å². The predicted molar refractivity (Wildman–Crippen MR) is 58.9 cm³/mol. The van der Waals surface area contributed by atoms with E-state index in [0.29, 0.717) is 19.4 Å². The van der Waals surface area contributed by atoms with Crippen molar-refractivity contribution in [1.82, 2.24) is 0 Å². The smallest absolute Gasteiger partial charge is 0.253 e. The van der Waals surface area contributed by atoms with Gasteiger partial charge in [-0.15, -0.1) is 0 Å². The zero-order valence-electron chi connectivity index (χ0n) is 9.50. The molecule has 17 heavy (non-hydrogen) atoms. The van der Waals surface area contributed by atoms with Crippen LogP contribution in [-0.4, -0.2) is 26.2 Å². The molecule has 0 saturated heterocycles. The van der Waals surface area contributed by atoms with Gasteiger partial charge < -0.3 is 9.64 Å². The maximum Gasteiger partial charge on any atom is 0.253 e. The molecule has 0 unspecified atom stereocenters. The first-order valence-corrected chi connectivity index (χ1v) is 5.41. The second kappa shape index (κ2) is 4.79. The van der Waals surface area contributed by atoms with E-state index in [-0.39, 0.29) is 23.8 Å². The summed E-state index contributed by atoms with van der Waals surface area (Å²) in [5, 5.41) is 0. The minimum atomic E-state index is -0.564. The fourth-order valence-electron chi connectivity index (χ4n) is 2.09. The molecule has 3 nitrogen and oxygen atoms in total. The van der Waals surface area contributed by atoms with Gasteiger partial charge in [0.1, 0.15) is 18.2 Å². The lowest BCUT2D eigenvalue weighted by Crippen LogP contribution is -2.38.